The van der Waals surface area contributed by atoms with Crippen LogP contribution in [0.3, 0.4) is 0 Å². The van der Waals surface area contributed by atoms with Gasteiger partial charge in [0.25, 0.3) is 0 Å². The predicted octanol–water partition coefficient (Wildman–Crippen LogP) is 2.99. The van der Waals surface area contributed by atoms with Crippen molar-refractivity contribution in [3.05, 3.63) is 54.6 Å². The van der Waals surface area contributed by atoms with Crippen molar-refractivity contribution in [1.29, 1.82) is 0 Å². The van der Waals surface area contributed by atoms with Crippen molar-refractivity contribution in [1.82, 2.24) is 4.90 Å². The van der Waals surface area contributed by atoms with Crippen LogP contribution in [-0.4, -0.2) is 53.1 Å². The number of benzene rings is 2. The minimum Gasteiger partial charge on any atom is -0.466 e. The van der Waals surface area contributed by atoms with Crippen LogP contribution in [0.1, 0.15) is 20.8 Å². The summed E-state index contributed by atoms with van der Waals surface area (Å²) < 4.78 is 5.27. The lowest BCUT2D eigenvalue weighted by atomic mass is 9.70. The molecular formula is C26H30N2O5. The topological polar surface area (TPSA) is 95.9 Å². The molecule has 0 radical (unpaired) electrons. The van der Waals surface area contributed by atoms with Crippen LogP contribution < -0.4 is 5.32 Å². The maximum absolute atomic E-state index is 13.5. The highest BCUT2D eigenvalue weighted by atomic mass is 16.5. The van der Waals surface area contributed by atoms with E-state index in [0.717, 1.165) is 10.8 Å². The zero-order valence-corrected chi connectivity index (χ0v) is 19.1. The maximum atomic E-state index is 13.5. The van der Waals surface area contributed by atoms with Crippen LogP contribution in [0.25, 0.3) is 10.8 Å². The van der Waals surface area contributed by atoms with Crippen LogP contribution in [0.5, 0.6) is 0 Å². The molecule has 0 spiro atoms. The number of esters is 1. The van der Waals surface area contributed by atoms with E-state index in [4.69, 9.17) is 4.74 Å². The second-order valence-corrected chi connectivity index (χ2v) is 8.90. The zero-order valence-electron chi connectivity index (χ0n) is 19.1. The van der Waals surface area contributed by atoms with Gasteiger partial charge in [0.1, 0.15) is 6.04 Å². The van der Waals surface area contributed by atoms with Gasteiger partial charge in [-0.05, 0) is 42.7 Å². The van der Waals surface area contributed by atoms with Gasteiger partial charge in [0.2, 0.25) is 11.8 Å². The first-order chi connectivity index (χ1) is 15.9. The number of allylic oxidation sites excluding steroid dienone is 1. The highest BCUT2D eigenvalue weighted by Gasteiger charge is 2.58. The van der Waals surface area contributed by atoms with Gasteiger partial charge < -0.3 is 20.1 Å². The summed E-state index contributed by atoms with van der Waals surface area (Å²) in [7, 11) is 0. The van der Waals surface area contributed by atoms with Gasteiger partial charge in [0.15, 0.2) is 0 Å². The van der Waals surface area contributed by atoms with Crippen molar-refractivity contribution in [2.75, 3.05) is 18.5 Å². The van der Waals surface area contributed by atoms with Crippen molar-refractivity contribution in [2.24, 2.45) is 23.7 Å². The zero-order chi connectivity index (χ0) is 23.7. The first-order valence-corrected chi connectivity index (χ1v) is 11.4. The molecule has 2 N–H and O–H groups in total. The molecule has 7 heteroatoms. The van der Waals surface area contributed by atoms with Crippen LogP contribution in [0, 0.1) is 23.7 Å². The molecule has 33 heavy (non-hydrogen) atoms. The molecular weight excluding hydrogens is 420 g/mol. The third-order valence-corrected chi connectivity index (χ3v) is 6.79. The molecule has 0 bridgehead atoms. The fourth-order valence-electron chi connectivity index (χ4n) is 5.19. The Kier molecular flexibility index (Phi) is 6.51. The lowest BCUT2D eigenvalue weighted by molar-refractivity contribution is -0.155. The number of fused-ring (bicyclic) bond motifs is 2. The number of aliphatic hydroxyl groups is 1. The number of hydrogen-bond donors (Lipinski definition) is 2. The first kappa shape index (κ1) is 23.0. The summed E-state index contributed by atoms with van der Waals surface area (Å²) in [5.41, 5.74) is 0.626. The molecule has 1 aliphatic carbocycles. The molecule has 0 saturated carbocycles. The molecule has 1 saturated heterocycles. The number of anilines is 1. The van der Waals surface area contributed by atoms with Gasteiger partial charge in [-0.25, -0.2) is 0 Å². The third kappa shape index (κ3) is 4.13. The highest BCUT2D eigenvalue weighted by Crippen LogP contribution is 2.45. The van der Waals surface area contributed by atoms with Gasteiger partial charge in [0, 0.05) is 11.6 Å². The molecule has 2 aromatic carbocycles. The maximum Gasteiger partial charge on any atom is 0.310 e. The van der Waals surface area contributed by atoms with E-state index in [2.05, 4.69) is 5.32 Å². The van der Waals surface area contributed by atoms with E-state index >= 15 is 0 Å². The minimum atomic E-state index is -0.836. The van der Waals surface area contributed by atoms with Crippen LogP contribution in [0.2, 0.25) is 0 Å². The summed E-state index contributed by atoms with van der Waals surface area (Å²) in [6.07, 6.45) is 3.76. The summed E-state index contributed by atoms with van der Waals surface area (Å²) in [5, 5.41) is 14.8. The average molecular weight is 451 g/mol. The third-order valence-electron chi connectivity index (χ3n) is 6.79. The Morgan fingerprint density at radius 1 is 1.15 bits per heavy atom. The number of carbonyl (C=O) groups excluding carboxylic acids is 3. The largest absolute Gasteiger partial charge is 0.466 e. The van der Waals surface area contributed by atoms with Crippen LogP contribution in [-0.2, 0) is 19.1 Å². The van der Waals surface area contributed by atoms with Crippen molar-refractivity contribution >= 4 is 34.2 Å². The van der Waals surface area contributed by atoms with Gasteiger partial charge in [-0.15, -0.1) is 0 Å². The second kappa shape index (κ2) is 9.35. The Hall–Kier alpha value is -3.19. The molecule has 7 nitrogen and oxygen atoms in total. The molecule has 1 heterocycles. The molecule has 2 aromatic rings. The summed E-state index contributed by atoms with van der Waals surface area (Å²) in [5.74, 6) is -3.11. The van der Waals surface area contributed by atoms with Gasteiger partial charge >= 0.3 is 5.97 Å². The minimum absolute atomic E-state index is 0.192. The van der Waals surface area contributed by atoms with Crippen molar-refractivity contribution in [2.45, 2.75) is 32.9 Å². The Morgan fingerprint density at radius 2 is 1.88 bits per heavy atom. The SMILES string of the molecule is CCOC(=O)[C@H]1[C@H]2C(=O)N([C@H](C)CO)[C@H](C(=O)Nc3ccc4ccccc4c3)[C@H]2C=C[C@H]1C. The van der Waals surface area contributed by atoms with Gasteiger partial charge in [-0.3, -0.25) is 14.4 Å². The first-order valence-electron chi connectivity index (χ1n) is 11.4. The molecule has 2 aliphatic rings. The summed E-state index contributed by atoms with van der Waals surface area (Å²) in [6, 6.07) is 12.1. The molecule has 0 aromatic heterocycles. The normalized spacial score (nSPS) is 27.3. The van der Waals surface area contributed by atoms with Gasteiger partial charge in [-0.2, -0.15) is 0 Å². The van der Waals surface area contributed by atoms with Crippen LogP contribution in [0.4, 0.5) is 5.69 Å². The number of aliphatic hydroxyl groups excluding tert-OH is 1. The standard InChI is InChI=1S/C26H30N2O5/c1-4-33-26(32)21-15(2)9-12-20-22(21)25(31)28(16(3)14-29)23(20)24(30)27-19-11-10-17-7-5-6-8-18(17)13-19/h5-13,15-16,20-23,29H,4,14H2,1-3H3,(H,27,30)/t15-,16-,20+,21-,22+,23+/m1/s1. The van der Waals surface area contributed by atoms with Crippen molar-refractivity contribution < 1.29 is 24.2 Å². The number of amides is 2. The van der Waals surface area contributed by atoms with Crippen LogP contribution in [0.15, 0.2) is 54.6 Å². The molecule has 174 valence electrons. The Bertz CT molecular complexity index is 1100. The number of hydrogen-bond acceptors (Lipinski definition) is 5. The predicted molar refractivity (Wildman–Crippen MR) is 125 cm³/mol. The van der Waals surface area contributed by atoms with Crippen LogP contribution >= 0.6 is 0 Å². The van der Waals surface area contributed by atoms with Gasteiger partial charge in [-0.1, -0.05) is 49.4 Å². The molecule has 2 amide bonds. The summed E-state index contributed by atoms with van der Waals surface area (Å²) in [6.45, 7) is 5.26. The molecule has 1 fully saturated rings. The summed E-state index contributed by atoms with van der Waals surface area (Å²) >= 11 is 0. The number of nitrogens with one attached hydrogen (secondary N) is 1. The summed E-state index contributed by atoms with van der Waals surface area (Å²) in [4.78, 5) is 41.3. The number of nitrogens with zero attached hydrogens (tertiary/aromatic N) is 1. The van der Waals surface area contributed by atoms with E-state index in [1.807, 2.05) is 61.5 Å². The highest BCUT2D eigenvalue weighted by molar-refractivity contribution is 6.02. The Morgan fingerprint density at radius 3 is 2.58 bits per heavy atom. The quantitative estimate of drug-likeness (QED) is 0.521. The number of rotatable bonds is 6. The fourth-order valence-corrected chi connectivity index (χ4v) is 5.19. The smallest absolute Gasteiger partial charge is 0.310 e. The van der Waals surface area contributed by atoms with E-state index in [1.165, 1.54) is 4.90 Å². The van der Waals surface area contributed by atoms with Crippen molar-refractivity contribution in [3.63, 3.8) is 0 Å². The van der Waals surface area contributed by atoms with E-state index in [-0.39, 0.29) is 30.9 Å². The van der Waals surface area contributed by atoms with Crippen molar-refractivity contribution in [3.8, 4) is 0 Å². The number of carbonyl (C=O) groups is 3. The van der Waals surface area contributed by atoms with E-state index in [0.29, 0.717) is 5.69 Å². The number of likely N-dealkylation sites (tertiary alicyclic amines) is 1. The van der Waals surface area contributed by atoms with E-state index in [9.17, 15) is 19.5 Å². The lowest BCUT2D eigenvalue weighted by Crippen LogP contribution is -2.49. The molecule has 1 aliphatic heterocycles. The lowest BCUT2D eigenvalue weighted by Gasteiger charge is -2.32. The van der Waals surface area contributed by atoms with E-state index < -0.39 is 35.8 Å². The monoisotopic (exact) mass is 450 g/mol. The average Bonchev–Trinajstić information content (AvgIpc) is 3.11. The fraction of sp³-hybridized carbons (Fsp3) is 0.423. The molecule has 4 rings (SSSR count). The molecule has 6 atom stereocenters. The Labute approximate surface area is 193 Å². The second-order valence-electron chi connectivity index (χ2n) is 8.90. The number of ether oxygens (including phenoxy) is 1. The Balaban J connectivity index is 1.68. The van der Waals surface area contributed by atoms with Gasteiger partial charge in [0.05, 0.1) is 31.1 Å². The molecule has 0 unspecified atom stereocenters. The van der Waals surface area contributed by atoms with E-state index in [1.54, 1.807) is 13.8 Å².